The summed E-state index contributed by atoms with van der Waals surface area (Å²) in [4.78, 5) is 9.09. The maximum absolute atomic E-state index is 6.11. The van der Waals surface area contributed by atoms with Crippen LogP contribution in [0.1, 0.15) is 24.9 Å². The first-order chi connectivity index (χ1) is 9.61. The summed E-state index contributed by atoms with van der Waals surface area (Å²) in [5.41, 5.74) is 8.07. The predicted molar refractivity (Wildman–Crippen MR) is 83.6 cm³/mol. The largest absolute Gasteiger partial charge is 0.398 e. The first-order valence-corrected chi connectivity index (χ1v) is 7.43. The van der Waals surface area contributed by atoms with Gasteiger partial charge in [0, 0.05) is 55.4 Å². The van der Waals surface area contributed by atoms with E-state index in [9.17, 15) is 0 Å². The zero-order chi connectivity index (χ0) is 14.5. The second kappa shape index (κ2) is 7.02. The summed E-state index contributed by atoms with van der Waals surface area (Å²) >= 11 is 0. The van der Waals surface area contributed by atoms with E-state index < -0.39 is 0 Å². The van der Waals surface area contributed by atoms with Crippen molar-refractivity contribution in [2.45, 2.75) is 25.4 Å². The molecule has 20 heavy (non-hydrogen) atoms. The number of piperazine rings is 1. The number of nitrogens with zero attached hydrogens (tertiary/aromatic N) is 3. The molecule has 0 radical (unpaired) electrons. The highest BCUT2D eigenvalue weighted by molar-refractivity contribution is 5.46. The number of rotatable bonds is 5. The minimum absolute atomic E-state index is 0.271. The number of nitrogens with two attached hydrogens (primary N) is 1. The Hall–Kier alpha value is -1.17. The number of hydrogen-bond acceptors (Lipinski definition) is 5. The van der Waals surface area contributed by atoms with Gasteiger partial charge in [0.05, 0.1) is 0 Å². The maximum atomic E-state index is 6.11. The molecule has 1 aromatic heterocycles. The Bertz CT molecular complexity index is 422. The number of nitrogens with one attached hydrogen (secondary N) is 1. The lowest BCUT2D eigenvalue weighted by atomic mass is 9.97. The molecule has 0 spiro atoms. The van der Waals surface area contributed by atoms with Gasteiger partial charge in [0.25, 0.3) is 0 Å². The van der Waals surface area contributed by atoms with Crippen LogP contribution in [0.3, 0.4) is 0 Å². The van der Waals surface area contributed by atoms with Crippen molar-refractivity contribution in [3.63, 3.8) is 0 Å². The molecule has 1 aliphatic rings. The van der Waals surface area contributed by atoms with Gasteiger partial charge in [-0.05, 0) is 33.1 Å². The molecule has 2 rings (SSSR count). The summed E-state index contributed by atoms with van der Waals surface area (Å²) in [5.74, 6) is 0. The topological polar surface area (TPSA) is 57.4 Å². The van der Waals surface area contributed by atoms with E-state index in [4.69, 9.17) is 5.73 Å². The molecule has 1 aromatic rings. The summed E-state index contributed by atoms with van der Waals surface area (Å²) in [6, 6.07) is 2.71. The van der Waals surface area contributed by atoms with E-state index in [1.165, 1.54) is 0 Å². The molecule has 0 aliphatic carbocycles. The summed E-state index contributed by atoms with van der Waals surface area (Å²) in [6.07, 6.45) is 4.71. The van der Waals surface area contributed by atoms with Gasteiger partial charge in [-0.2, -0.15) is 0 Å². The molecular formula is C15H27N5. The molecule has 2 heterocycles. The van der Waals surface area contributed by atoms with Gasteiger partial charge in [0.1, 0.15) is 0 Å². The summed E-state index contributed by atoms with van der Waals surface area (Å²) < 4.78 is 0. The summed E-state index contributed by atoms with van der Waals surface area (Å²) in [6.45, 7) is 6.45. The number of pyridine rings is 1. The molecule has 2 unspecified atom stereocenters. The third-order valence-corrected chi connectivity index (χ3v) is 4.20. The minimum atomic E-state index is 0.271. The van der Waals surface area contributed by atoms with E-state index in [1.807, 2.05) is 12.3 Å². The van der Waals surface area contributed by atoms with E-state index in [-0.39, 0.29) is 6.04 Å². The lowest BCUT2D eigenvalue weighted by Gasteiger charge is -2.39. The summed E-state index contributed by atoms with van der Waals surface area (Å²) in [5, 5.41) is 3.56. The quantitative estimate of drug-likeness (QED) is 0.839. The van der Waals surface area contributed by atoms with Crippen molar-refractivity contribution >= 4 is 5.69 Å². The van der Waals surface area contributed by atoms with E-state index in [0.717, 1.165) is 43.9 Å². The minimum Gasteiger partial charge on any atom is -0.398 e. The van der Waals surface area contributed by atoms with Crippen LogP contribution >= 0.6 is 0 Å². The molecule has 0 aromatic carbocycles. The van der Waals surface area contributed by atoms with Crippen molar-refractivity contribution in [2.75, 3.05) is 46.0 Å². The third-order valence-electron chi connectivity index (χ3n) is 4.20. The highest BCUT2D eigenvalue weighted by Crippen LogP contribution is 2.25. The molecule has 0 saturated carbocycles. The van der Waals surface area contributed by atoms with Gasteiger partial charge in [-0.15, -0.1) is 0 Å². The van der Waals surface area contributed by atoms with E-state index >= 15 is 0 Å². The second-order valence-corrected chi connectivity index (χ2v) is 5.75. The van der Waals surface area contributed by atoms with Crippen LogP contribution in [-0.4, -0.2) is 61.1 Å². The SMILES string of the molecule is CCNC(CC1CN(C)CCN1C)c1cnccc1N. The lowest BCUT2D eigenvalue weighted by molar-refractivity contribution is 0.101. The zero-order valence-electron chi connectivity index (χ0n) is 12.8. The highest BCUT2D eigenvalue weighted by atomic mass is 15.3. The van der Waals surface area contributed by atoms with Crippen LogP contribution < -0.4 is 11.1 Å². The van der Waals surface area contributed by atoms with Crippen LogP contribution in [0.4, 0.5) is 5.69 Å². The third kappa shape index (κ3) is 3.69. The van der Waals surface area contributed by atoms with Crippen LogP contribution in [0.15, 0.2) is 18.5 Å². The van der Waals surface area contributed by atoms with Gasteiger partial charge in [0.15, 0.2) is 0 Å². The van der Waals surface area contributed by atoms with Gasteiger partial charge in [-0.25, -0.2) is 0 Å². The van der Waals surface area contributed by atoms with E-state index in [0.29, 0.717) is 6.04 Å². The molecule has 0 bridgehead atoms. The first kappa shape index (κ1) is 15.2. The monoisotopic (exact) mass is 277 g/mol. The van der Waals surface area contributed by atoms with Gasteiger partial charge in [-0.3, -0.25) is 4.98 Å². The van der Waals surface area contributed by atoms with Crippen molar-refractivity contribution in [1.29, 1.82) is 0 Å². The van der Waals surface area contributed by atoms with Crippen LogP contribution in [-0.2, 0) is 0 Å². The van der Waals surface area contributed by atoms with Crippen molar-refractivity contribution in [3.8, 4) is 0 Å². The Morgan fingerprint density at radius 2 is 2.25 bits per heavy atom. The Morgan fingerprint density at radius 1 is 1.45 bits per heavy atom. The van der Waals surface area contributed by atoms with Crippen molar-refractivity contribution < 1.29 is 0 Å². The fourth-order valence-corrected chi connectivity index (χ4v) is 2.90. The molecule has 112 valence electrons. The molecule has 5 nitrogen and oxygen atoms in total. The fraction of sp³-hybridized carbons (Fsp3) is 0.667. The Balaban J connectivity index is 2.11. The second-order valence-electron chi connectivity index (χ2n) is 5.75. The molecule has 3 N–H and O–H groups in total. The Morgan fingerprint density at radius 3 is 2.95 bits per heavy atom. The Labute approximate surface area is 122 Å². The average Bonchev–Trinajstić information content (AvgIpc) is 2.43. The van der Waals surface area contributed by atoms with Crippen molar-refractivity contribution in [3.05, 3.63) is 24.0 Å². The molecule has 2 atom stereocenters. The van der Waals surface area contributed by atoms with Gasteiger partial charge in [0.2, 0.25) is 0 Å². The first-order valence-electron chi connectivity index (χ1n) is 7.43. The number of likely N-dealkylation sites (N-methyl/N-ethyl adjacent to an activating group) is 2. The normalized spacial score (nSPS) is 22.9. The van der Waals surface area contributed by atoms with Crippen molar-refractivity contribution in [2.24, 2.45) is 0 Å². The molecule has 0 amide bonds. The standard InChI is InChI=1S/C15H27N5/c1-4-18-15(13-10-17-6-5-14(13)16)9-12-11-19(2)7-8-20(12)3/h5-6,10,12,15,18H,4,7-9,11H2,1-3H3,(H2,16,17). The number of aromatic nitrogens is 1. The van der Waals surface area contributed by atoms with Crippen LogP contribution in [0, 0.1) is 0 Å². The van der Waals surface area contributed by atoms with Crippen molar-refractivity contribution in [1.82, 2.24) is 20.1 Å². The lowest BCUT2D eigenvalue weighted by Crippen LogP contribution is -2.51. The van der Waals surface area contributed by atoms with Gasteiger partial charge in [-0.1, -0.05) is 6.92 Å². The number of anilines is 1. The molecule has 1 aliphatic heterocycles. The van der Waals surface area contributed by atoms with Crippen LogP contribution in [0.5, 0.6) is 0 Å². The molecule has 5 heteroatoms. The van der Waals surface area contributed by atoms with Gasteiger partial charge >= 0.3 is 0 Å². The van der Waals surface area contributed by atoms with Gasteiger partial charge < -0.3 is 20.9 Å². The average molecular weight is 277 g/mol. The summed E-state index contributed by atoms with van der Waals surface area (Å²) in [7, 11) is 4.41. The zero-order valence-corrected chi connectivity index (χ0v) is 12.8. The van der Waals surface area contributed by atoms with Crippen LogP contribution in [0.25, 0.3) is 0 Å². The van der Waals surface area contributed by atoms with E-state index in [2.05, 4.69) is 41.1 Å². The number of hydrogen-bond donors (Lipinski definition) is 2. The molecule has 1 fully saturated rings. The highest BCUT2D eigenvalue weighted by Gasteiger charge is 2.26. The molecular weight excluding hydrogens is 250 g/mol. The fourth-order valence-electron chi connectivity index (χ4n) is 2.90. The number of nitrogen functional groups attached to an aromatic ring is 1. The van der Waals surface area contributed by atoms with E-state index in [1.54, 1.807) is 6.20 Å². The maximum Gasteiger partial charge on any atom is 0.0393 e. The molecule has 1 saturated heterocycles. The smallest absolute Gasteiger partial charge is 0.0393 e. The van der Waals surface area contributed by atoms with Crippen LogP contribution in [0.2, 0.25) is 0 Å². The Kier molecular flexibility index (Phi) is 5.34. The predicted octanol–water partition coefficient (Wildman–Crippen LogP) is 0.950.